The van der Waals surface area contributed by atoms with Crippen molar-refractivity contribution in [2.45, 2.75) is 13.0 Å². The average Bonchev–Trinajstić information content (AvgIpc) is 2.42. The first kappa shape index (κ1) is 15.6. The van der Waals surface area contributed by atoms with E-state index in [0.29, 0.717) is 38.7 Å². The van der Waals surface area contributed by atoms with E-state index in [4.69, 9.17) is 19.3 Å². The zero-order valence-electron chi connectivity index (χ0n) is 11.0. The smallest absolute Gasteiger partial charge is 0.337 e. The summed E-state index contributed by atoms with van der Waals surface area (Å²) >= 11 is 0. The van der Waals surface area contributed by atoms with Crippen LogP contribution < -0.4 is 0 Å². The van der Waals surface area contributed by atoms with Crippen molar-refractivity contribution in [1.29, 1.82) is 0 Å². The van der Waals surface area contributed by atoms with Crippen molar-refractivity contribution in [2.75, 3.05) is 33.5 Å². The van der Waals surface area contributed by atoms with E-state index in [-0.39, 0.29) is 5.56 Å². The van der Waals surface area contributed by atoms with Gasteiger partial charge in [-0.05, 0) is 18.6 Å². The Morgan fingerprint density at radius 3 is 2.63 bits per heavy atom. The van der Waals surface area contributed by atoms with Gasteiger partial charge in [0.05, 0.1) is 31.1 Å². The van der Waals surface area contributed by atoms with Crippen LogP contribution in [0.5, 0.6) is 0 Å². The number of carboxylic acid groups (broad SMARTS) is 1. The Kier molecular flexibility index (Phi) is 7.72. The maximum Gasteiger partial charge on any atom is 0.337 e. The van der Waals surface area contributed by atoms with Crippen molar-refractivity contribution in [3.8, 4) is 0 Å². The van der Waals surface area contributed by atoms with Gasteiger partial charge in [-0.15, -0.1) is 0 Å². The number of hydrogen-bond acceptors (Lipinski definition) is 5. The number of methoxy groups -OCH3 is 1. The topological polar surface area (TPSA) is 77.9 Å². The van der Waals surface area contributed by atoms with Crippen LogP contribution in [0.1, 0.15) is 22.5 Å². The number of nitrogens with zero attached hydrogens (tertiary/aromatic N) is 1. The summed E-state index contributed by atoms with van der Waals surface area (Å²) in [5.74, 6) is -0.982. The molecule has 0 aliphatic heterocycles. The van der Waals surface area contributed by atoms with E-state index in [0.717, 1.165) is 6.42 Å². The minimum Gasteiger partial charge on any atom is -0.478 e. The first-order valence-electron chi connectivity index (χ1n) is 6.06. The van der Waals surface area contributed by atoms with Gasteiger partial charge in [0.15, 0.2) is 0 Å². The molecule has 19 heavy (non-hydrogen) atoms. The van der Waals surface area contributed by atoms with E-state index in [1.54, 1.807) is 13.2 Å². The van der Waals surface area contributed by atoms with Crippen LogP contribution in [0.3, 0.4) is 0 Å². The standard InChI is InChI=1S/C13H19NO5/c1-17-5-2-6-18-7-8-19-10-12-4-3-11(9-14-12)13(15)16/h3-4,9H,2,5-8,10H2,1H3,(H,15,16). The second kappa shape index (κ2) is 9.43. The maximum atomic E-state index is 10.6. The van der Waals surface area contributed by atoms with Gasteiger partial charge in [0.1, 0.15) is 0 Å². The zero-order valence-corrected chi connectivity index (χ0v) is 11.0. The summed E-state index contributed by atoms with van der Waals surface area (Å²) in [5, 5.41) is 8.71. The Bertz CT molecular complexity index is 366. The molecule has 1 heterocycles. The summed E-state index contributed by atoms with van der Waals surface area (Å²) in [4.78, 5) is 14.6. The summed E-state index contributed by atoms with van der Waals surface area (Å²) in [6, 6.07) is 3.15. The van der Waals surface area contributed by atoms with Crippen LogP contribution in [0, 0.1) is 0 Å². The lowest BCUT2D eigenvalue weighted by Gasteiger charge is -2.05. The first-order chi connectivity index (χ1) is 9.24. The third-order valence-electron chi connectivity index (χ3n) is 2.33. The molecule has 6 nitrogen and oxygen atoms in total. The lowest BCUT2D eigenvalue weighted by molar-refractivity contribution is 0.0327. The number of ether oxygens (including phenoxy) is 3. The van der Waals surface area contributed by atoms with Gasteiger partial charge in [-0.25, -0.2) is 4.79 Å². The highest BCUT2D eigenvalue weighted by Crippen LogP contribution is 2.01. The molecule has 6 heteroatoms. The van der Waals surface area contributed by atoms with Gasteiger partial charge in [0.25, 0.3) is 0 Å². The molecule has 1 N–H and O–H groups in total. The van der Waals surface area contributed by atoms with Crippen molar-refractivity contribution in [1.82, 2.24) is 4.98 Å². The summed E-state index contributed by atoms with van der Waals surface area (Å²) in [5.41, 5.74) is 0.870. The summed E-state index contributed by atoms with van der Waals surface area (Å²) in [7, 11) is 1.66. The van der Waals surface area contributed by atoms with E-state index in [2.05, 4.69) is 4.98 Å². The maximum absolute atomic E-state index is 10.6. The van der Waals surface area contributed by atoms with E-state index in [9.17, 15) is 4.79 Å². The summed E-state index contributed by atoms with van der Waals surface area (Å²) < 4.78 is 15.6. The molecule has 0 saturated carbocycles. The molecule has 0 bridgehead atoms. The Labute approximate surface area is 112 Å². The first-order valence-corrected chi connectivity index (χ1v) is 6.06. The van der Waals surface area contributed by atoms with Crippen LogP contribution in [0.15, 0.2) is 18.3 Å². The molecular formula is C13H19NO5. The molecule has 0 unspecified atom stereocenters. The molecule has 1 aromatic heterocycles. The van der Waals surface area contributed by atoms with Crippen molar-refractivity contribution in [3.05, 3.63) is 29.6 Å². The van der Waals surface area contributed by atoms with Crippen molar-refractivity contribution in [3.63, 3.8) is 0 Å². The molecule has 0 amide bonds. The predicted molar refractivity (Wildman–Crippen MR) is 68.2 cm³/mol. The molecule has 0 radical (unpaired) electrons. The highest BCUT2D eigenvalue weighted by molar-refractivity contribution is 5.87. The Balaban J connectivity index is 2.07. The molecular weight excluding hydrogens is 250 g/mol. The van der Waals surface area contributed by atoms with Crippen molar-refractivity contribution >= 4 is 5.97 Å². The Morgan fingerprint density at radius 1 is 1.21 bits per heavy atom. The SMILES string of the molecule is COCCCOCCOCc1ccc(C(=O)O)cn1. The number of carboxylic acids is 1. The Hall–Kier alpha value is -1.50. The molecule has 106 valence electrons. The number of hydrogen-bond donors (Lipinski definition) is 1. The predicted octanol–water partition coefficient (Wildman–Crippen LogP) is 1.35. The second-order valence-electron chi connectivity index (χ2n) is 3.85. The molecule has 0 fully saturated rings. The van der Waals surface area contributed by atoms with Crippen molar-refractivity contribution in [2.24, 2.45) is 0 Å². The average molecular weight is 269 g/mol. The van der Waals surface area contributed by atoms with E-state index < -0.39 is 5.97 Å². The van der Waals surface area contributed by atoms with Crippen LogP contribution in [0.2, 0.25) is 0 Å². The fourth-order valence-electron chi connectivity index (χ4n) is 1.34. The Morgan fingerprint density at radius 2 is 2.00 bits per heavy atom. The lowest BCUT2D eigenvalue weighted by Crippen LogP contribution is -2.07. The number of carbonyl (C=O) groups is 1. The monoisotopic (exact) mass is 269 g/mol. The third-order valence-corrected chi connectivity index (χ3v) is 2.33. The van der Waals surface area contributed by atoms with Crippen molar-refractivity contribution < 1.29 is 24.1 Å². The number of rotatable bonds is 10. The fourth-order valence-corrected chi connectivity index (χ4v) is 1.34. The minimum atomic E-state index is -0.982. The summed E-state index contributed by atoms with van der Waals surface area (Å²) in [6.07, 6.45) is 2.19. The largest absolute Gasteiger partial charge is 0.478 e. The third kappa shape index (κ3) is 6.85. The van der Waals surface area contributed by atoms with E-state index >= 15 is 0 Å². The second-order valence-corrected chi connectivity index (χ2v) is 3.85. The van der Waals surface area contributed by atoms with E-state index in [1.165, 1.54) is 12.3 Å². The molecule has 0 spiro atoms. The molecule has 0 aliphatic carbocycles. The summed E-state index contributed by atoms with van der Waals surface area (Å²) in [6.45, 7) is 2.71. The van der Waals surface area contributed by atoms with Gasteiger partial charge in [-0.3, -0.25) is 4.98 Å². The zero-order chi connectivity index (χ0) is 13.9. The molecule has 0 atom stereocenters. The van der Waals surface area contributed by atoms with Crippen LogP contribution in [-0.2, 0) is 20.8 Å². The van der Waals surface area contributed by atoms with Gasteiger partial charge >= 0.3 is 5.97 Å². The number of aromatic nitrogens is 1. The van der Waals surface area contributed by atoms with Gasteiger partial charge in [-0.1, -0.05) is 0 Å². The van der Waals surface area contributed by atoms with Crippen LogP contribution in [0.25, 0.3) is 0 Å². The minimum absolute atomic E-state index is 0.172. The molecule has 1 rings (SSSR count). The van der Waals surface area contributed by atoms with Crippen LogP contribution >= 0.6 is 0 Å². The molecule has 0 aromatic carbocycles. The van der Waals surface area contributed by atoms with Gasteiger partial charge < -0.3 is 19.3 Å². The van der Waals surface area contributed by atoms with E-state index in [1.807, 2.05) is 0 Å². The quantitative estimate of drug-likeness (QED) is 0.646. The van der Waals surface area contributed by atoms with Gasteiger partial charge in [0, 0.05) is 26.5 Å². The molecule has 1 aromatic rings. The van der Waals surface area contributed by atoms with Gasteiger partial charge in [0.2, 0.25) is 0 Å². The highest BCUT2D eigenvalue weighted by atomic mass is 16.5. The normalized spacial score (nSPS) is 10.6. The number of pyridine rings is 1. The number of aromatic carboxylic acids is 1. The van der Waals surface area contributed by atoms with Crippen LogP contribution in [-0.4, -0.2) is 49.6 Å². The van der Waals surface area contributed by atoms with Gasteiger partial charge in [-0.2, -0.15) is 0 Å². The highest BCUT2D eigenvalue weighted by Gasteiger charge is 2.02. The molecule has 0 saturated heterocycles. The fraction of sp³-hybridized carbons (Fsp3) is 0.538. The molecule has 0 aliphatic rings. The van der Waals surface area contributed by atoms with Crippen LogP contribution in [0.4, 0.5) is 0 Å². The lowest BCUT2D eigenvalue weighted by atomic mass is 10.2.